The Morgan fingerprint density at radius 2 is 2.06 bits per heavy atom. The number of carboxylic acids is 1. The number of aliphatic carboxylic acids is 1. The van der Waals surface area contributed by atoms with E-state index < -0.39 is 11.5 Å². The Morgan fingerprint density at radius 1 is 1.44 bits per heavy atom. The van der Waals surface area contributed by atoms with E-state index >= 15 is 0 Å². The van der Waals surface area contributed by atoms with Crippen molar-refractivity contribution in [3.63, 3.8) is 0 Å². The van der Waals surface area contributed by atoms with Crippen molar-refractivity contribution in [1.82, 2.24) is 5.32 Å². The zero-order valence-corrected chi connectivity index (χ0v) is 10.8. The molecular formula is C13H25NO2. The fourth-order valence-electron chi connectivity index (χ4n) is 2.08. The number of hydrogen-bond donors (Lipinski definition) is 2. The minimum atomic E-state index is -0.719. The highest BCUT2D eigenvalue weighted by Crippen LogP contribution is 2.32. The molecule has 3 nitrogen and oxygen atoms in total. The minimum absolute atomic E-state index is 0.423. The van der Waals surface area contributed by atoms with Crippen LogP contribution in [0.15, 0.2) is 0 Å². The third-order valence-corrected chi connectivity index (χ3v) is 3.62. The Hall–Kier alpha value is -0.570. The topological polar surface area (TPSA) is 49.3 Å². The van der Waals surface area contributed by atoms with Crippen LogP contribution >= 0.6 is 0 Å². The van der Waals surface area contributed by atoms with E-state index in [-0.39, 0.29) is 0 Å². The molecule has 1 saturated carbocycles. The van der Waals surface area contributed by atoms with Crippen molar-refractivity contribution in [1.29, 1.82) is 0 Å². The summed E-state index contributed by atoms with van der Waals surface area (Å²) >= 11 is 0. The molecule has 0 bridgehead atoms. The number of rotatable bonds is 8. The molecule has 1 aliphatic rings. The number of carboxylic acid groups (broad SMARTS) is 1. The van der Waals surface area contributed by atoms with Crippen LogP contribution < -0.4 is 5.32 Å². The predicted molar refractivity (Wildman–Crippen MR) is 65.5 cm³/mol. The molecule has 0 heterocycles. The van der Waals surface area contributed by atoms with Gasteiger partial charge in [0.2, 0.25) is 0 Å². The van der Waals surface area contributed by atoms with Crippen LogP contribution in [0.5, 0.6) is 0 Å². The maximum atomic E-state index is 11.3. The molecule has 1 aliphatic carbocycles. The number of nitrogens with one attached hydrogen (secondary N) is 1. The summed E-state index contributed by atoms with van der Waals surface area (Å²) < 4.78 is 0. The van der Waals surface area contributed by atoms with E-state index in [2.05, 4.69) is 19.2 Å². The summed E-state index contributed by atoms with van der Waals surface area (Å²) in [6.45, 7) is 6.16. The van der Waals surface area contributed by atoms with Crippen LogP contribution in [0.2, 0.25) is 0 Å². The third kappa shape index (κ3) is 3.78. The number of carbonyl (C=O) groups is 1. The average Bonchev–Trinajstić information content (AvgIpc) is 2.89. The Balaban J connectivity index is 2.35. The zero-order valence-electron chi connectivity index (χ0n) is 10.8. The molecule has 0 aromatic heterocycles. The lowest BCUT2D eigenvalue weighted by atomic mass is 9.94. The highest BCUT2D eigenvalue weighted by Gasteiger charge is 2.41. The van der Waals surface area contributed by atoms with Crippen molar-refractivity contribution in [2.45, 2.75) is 70.9 Å². The molecule has 0 amide bonds. The van der Waals surface area contributed by atoms with Gasteiger partial charge in [0.1, 0.15) is 5.54 Å². The van der Waals surface area contributed by atoms with E-state index in [4.69, 9.17) is 0 Å². The first kappa shape index (κ1) is 13.5. The first-order valence-electron chi connectivity index (χ1n) is 6.50. The van der Waals surface area contributed by atoms with Crippen LogP contribution in [0.3, 0.4) is 0 Å². The van der Waals surface area contributed by atoms with E-state index in [1.807, 2.05) is 6.92 Å². The van der Waals surface area contributed by atoms with Crippen molar-refractivity contribution in [3.8, 4) is 0 Å². The van der Waals surface area contributed by atoms with Gasteiger partial charge in [-0.1, -0.05) is 39.5 Å². The summed E-state index contributed by atoms with van der Waals surface area (Å²) in [5.41, 5.74) is -0.719. The largest absolute Gasteiger partial charge is 0.480 e. The maximum absolute atomic E-state index is 11.3. The second-order valence-electron chi connectivity index (χ2n) is 5.41. The van der Waals surface area contributed by atoms with Crippen LogP contribution in [0.1, 0.15) is 59.3 Å². The van der Waals surface area contributed by atoms with E-state index in [1.54, 1.807) is 0 Å². The van der Waals surface area contributed by atoms with Crippen LogP contribution in [0.25, 0.3) is 0 Å². The molecule has 1 rings (SSSR count). The van der Waals surface area contributed by atoms with E-state index in [0.29, 0.717) is 12.0 Å². The molecule has 0 aliphatic heterocycles. The number of hydrogen-bond acceptors (Lipinski definition) is 2. The molecule has 0 spiro atoms. The van der Waals surface area contributed by atoms with Gasteiger partial charge in [0, 0.05) is 6.04 Å². The summed E-state index contributed by atoms with van der Waals surface area (Å²) in [4.78, 5) is 11.3. The Bertz CT molecular complexity index is 242. The monoisotopic (exact) mass is 227 g/mol. The first-order valence-corrected chi connectivity index (χ1v) is 6.50. The second-order valence-corrected chi connectivity index (χ2v) is 5.41. The van der Waals surface area contributed by atoms with Crippen molar-refractivity contribution in [3.05, 3.63) is 0 Å². The maximum Gasteiger partial charge on any atom is 0.323 e. The lowest BCUT2D eigenvalue weighted by Crippen LogP contribution is -2.50. The van der Waals surface area contributed by atoms with Gasteiger partial charge in [-0.2, -0.15) is 0 Å². The average molecular weight is 227 g/mol. The van der Waals surface area contributed by atoms with E-state index in [1.165, 1.54) is 12.8 Å². The van der Waals surface area contributed by atoms with Gasteiger partial charge in [0.25, 0.3) is 0 Å². The smallest absolute Gasteiger partial charge is 0.323 e. The molecule has 3 unspecified atom stereocenters. The molecule has 0 saturated heterocycles. The fraction of sp³-hybridized carbons (Fsp3) is 0.923. The summed E-state index contributed by atoms with van der Waals surface area (Å²) in [5, 5.41) is 12.6. The Labute approximate surface area is 98.6 Å². The van der Waals surface area contributed by atoms with Crippen LogP contribution in [0, 0.1) is 5.92 Å². The lowest BCUT2D eigenvalue weighted by Gasteiger charge is -2.26. The molecule has 0 aromatic carbocycles. The van der Waals surface area contributed by atoms with Gasteiger partial charge in [-0.25, -0.2) is 0 Å². The van der Waals surface area contributed by atoms with Crippen molar-refractivity contribution in [2.24, 2.45) is 5.92 Å². The van der Waals surface area contributed by atoms with Crippen LogP contribution in [-0.4, -0.2) is 22.7 Å². The standard InChI is InChI=1S/C13H25NO2/c1-4-5-6-7-8-13(3,12(15)16)14-11-9-10(11)2/h10-11,14H,4-9H2,1-3H3,(H,15,16). The van der Waals surface area contributed by atoms with Gasteiger partial charge in [-0.15, -0.1) is 0 Å². The summed E-state index contributed by atoms with van der Waals surface area (Å²) in [7, 11) is 0. The van der Waals surface area contributed by atoms with Gasteiger partial charge in [-0.3, -0.25) is 10.1 Å². The van der Waals surface area contributed by atoms with Crippen molar-refractivity contribution >= 4 is 5.97 Å². The first-order chi connectivity index (χ1) is 7.49. The molecule has 3 heteroatoms. The molecule has 2 N–H and O–H groups in total. The highest BCUT2D eigenvalue weighted by molar-refractivity contribution is 5.78. The Kier molecular flexibility index (Phi) is 4.78. The van der Waals surface area contributed by atoms with Gasteiger partial charge in [0.05, 0.1) is 0 Å². The fourth-order valence-corrected chi connectivity index (χ4v) is 2.08. The number of unbranched alkanes of at least 4 members (excludes halogenated alkanes) is 3. The quantitative estimate of drug-likeness (QED) is 0.627. The van der Waals surface area contributed by atoms with Gasteiger partial charge >= 0.3 is 5.97 Å². The predicted octanol–water partition coefficient (Wildman–Crippen LogP) is 2.80. The van der Waals surface area contributed by atoms with E-state index in [0.717, 1.165) is 25.7 Å². The minimum Gasteiger partial charge on any atom is -0.480 e. The molecule has 1 fully saturated rings. The summed E-state index contributed by atoms with van der Waals surface area (Å²) in [6, 6.07) is 0.423. The third-order valence-electron chi connectivity index (χ3n) is 3.62. The van der Waals surface area contributed by atoms with Gasteiger partial charge in [0.15, 0.2) is 0 Å². The molecule has 3 atom stereocenters. The molecular weight excluding hydrogens is 202 g/mol. The highest BCUT2D eigenvalue weighted by atomic mass is 16.4. The van der Waals surface area contributed by atoms with Crippen molar-refractivity contribution < 1.29 is 9.90 Å². The Morgan fingerprint density at radius 3 is 2.50 bits per heavy atom. The van der Waals surface area contributed by atoms with Crippen LogP contribution in [-0.2, 0) is 4.79 Å². The SMILES string of the molecule is CCCCCCC(C)(NC1CC1C)C(=O)O. The summed E-state index contributed by atoms with van der Waals surface area (Å²) in [6.07, 6.45) is 6.40. The van der Waals surface area contributed by atoms with Crippen molar-refractivity contribution in [2.75, 3.05) is 0 Å². The van der Waals surface area contributed by atoms with E-state index in [9.17, 15) is 9.90 Å². The summed E-state index contributed by atoms with van der Waals surface area (Å²) in [5.74, 6) is -0.0579. The van der Waals surface area contributed by atoms with Gasteiger partial charge in [-0.05, 0) is 25.7 Å². The molecule has 16 heavy (non-hydrogen) atoms. The lowest BCUT2D eigenvalue weighted by molar-refractivity contribution is -0.144. The second kappa shape index (κ2) is 5.67. The molecule has 0 aromatic rings. The zero-order chi connectivity index (χ0) is 12.2. The van der Waals surface area contributed by atoms with Crippen LogP contribution in [0.4, 0.5) is 0 Å². The molecule has 94 valence electrons. The molecule has 0 radical (unpaired) electrons. The van der Waals surface area contributed by atoms with Gasteiger partial charge < -0.3 is 5.11 Å². The normalized spacial score (nSPS) is 27.4.